The fourth-order valence-electron chi connectivity index (χ4n) is 2.68. The van der Waals surface area contributed by atoms with Crippen LogP contribution in [-0.4, -0.2) is 42.0 Å². The van der Waals surface area contributed by atoms with E-state index in [0.717, 1.165) is 26.2 Å². The Morgan fingerprint density at radius 1 is 1.16 bits per heavy atom. The first-order valence-electron chi connectivity index (χ1n) is 9.29. The Balaban J connectivity index is 1.37. The van der Waals surface area contributed by atoms with Gasteiger partial charge in [0, 0.05) is 11.3 Å². The predicted molar refractivity (Wildman–Crippen MR) is 119 cm³/mol. The quantitative estimate of drug-likeness (QED) is 0.261. The smallest absolute Gasteiger partial charge is 0.267 e. The van der Waals surface area contributed by atoms with Crippen molar-refractivity contribution in [3.63, 3.8) is 0 Å². The molecule has 0 aliphatic carbocycles. The Morgan fingerprint density at radius 3 is 2.71 bits per heavy atom. The number of rotatable bonds is 7. The molecule has 11 heteroatoms. The maximum Gasteiger partial charge on any atom is 0.271 e. The van der Waals surface area contributed by atoms with Crippen molar-refractivity contribution < 1.29 is 4.79 Å². The number of amides is 1. The molecule has 0 atom stereocenters. The molecule has 0 aliphatic heterocycles. The number of aromatic nitrogens is 6. The zero-order chi connectivity index (χ0) is 21.6. The van der Waals surface area contributed by atoms with Crippen LogP contribution in [0.1, 0.15) is 33.4 Å². The van der Waals surface area contributed by atoms with E-state index in [9.17, 15) is 4.79 Å². The summed E-state index contributed by atoms with van der Waals surface area (Å²) in [4.78, 5) is 12.5. The average Bonchev–Trinajstić information content (AvgIpc) is 3.48. The SMILES string of the molecule is C/C(=N\NC(=O)c1cccc(CSc2nnc(C)s2)c1)c1ccc(-n2cnnn2)cc1. The maximum absolute atomic E-state index is 12.5. The minimum atomic E-state index is -0.261. The lowest BCUT2D eigenvalue weighted by Gasteiger charge is -2.06. The normalized spacial score (nSPS) is 11.5. The van der Waals surface area contributed by atoms with Gasteiger partial charge in [-0.25, -0.2) is 10.1 Å². The lowest BCUT2D eigenvalue weighted by Crippen LogP contribution is -2.19. The van der Waals surface area contributed by atoms with E-state index in [1.165, 1.54) is 6.33 Å². The van der Waals surface area contributed by atoms with Gasteiger partial charge in [-0.05, 0) is 59.7 Å². The third-order valence-electron chi connectivity index (χ3n) is 4.28. The van der Waals surface area contributed by atoms with E-state index in [0.29, 0.717) is 17.0 Å². The van der Waals surface area contributed by atoms with Crippen LogP contribution in [-0.2, 0) is 5.75 Å². The fourth-order valence-corrected chi connectivity index (χ4v) is 4.44. The van der Waals surface area contributed by atoms with Crippen molar-refractivity contribution >= 4 is 34.7 Å². The summed E-state index contributed by atoms with van der Waals surface area (Å²) < 4.78 is 2.48. The summed E-state index contributed by atoms with van der Waals surface area (Å²) in [6.07, 6.45) is 1.53. The molecule has 9 nitrogen and oxygen atoms in total. The number of hydrogen-bond acceptors (Lipinski definition) is 9. The van der Waals surface area contributed by atoms with E-state index in [4.69, 9.17) is 0 Å². The lowest BCUT2D eigenvalue weighted by atomic mass is 10.1. The number of nitrogens with zero attached hydrogens (tertiary/aromatic N) is 7. The van der Waals surface area contributed by atoms with Gasteiger partial charge in [0.1, 0.15) is 11.3 Å². The maximum atomic E-state index is 12.5. The second kappa shape index (κ2) is 9.58. The van der Waals surface area contributed by atoms with Crippen LogP contribution in [0.4, 0.5) is 0 Å². The van der Waals surface area contributed by atoms with E-state index in [1.807, 2.05) is 56.3 Å². The van der Waals surface area contributed by atoms with Crippen LogP contribution in [0.2, 0.25) is 0 Å². The van der Waals surface area contributed by atoms with Gasteiger partial charge in [-0.2, -0.15) is 5.10 Å². The molecule has 0 unspecified atom stereocenters. The molecular weight excluding hydrogens is 432 g/mol. The molecule has 31 heavy (non-hydrogen) atoms. The summed E-state index contributed by atoms with van der Waals surface area (Å²) >= 11 is 3.16. The summed E-state index contributed by atoms with van der Waals surface area (Å²) in [5.41, 5.74) is 6.62. The van der Waals surface area contributed by atoms with Gasteiger partial charge < -0.3 is 0 Å². The molecule has 4 rings (SSSR count). The molecule has 0 saturated carbocycles. The molecule has 0 fully saturated rings. The minimum Gasteiger partial charge on any atom is -0.267 e. The highest BCUT2D eigenvalue weighted by atomic mass is 32.2. The summed E-state index contributed by atoms with van der Waals surface area (Å²) in [7, 11) is 0. The highest BCUT2D eigenvalue weighted by Crippen LogP contribution is 2.25. The lowest BCUT2D eigenvalue weighted by molar-refractivity contribution is 0.0954. The fraction of sp³-hybridized carbons (Fsp3) is 0.150. The van der Waals surface area contributed by atoms with Crippen molar-refractivity contribution in [2.45, 2.75) is 23.9 Å². The van der Waals surface area contributed by atoms with E-state index in [1.54, 1.807) is 33.8 Å². The van der Waals surface area contributed by atoms with Crippen molar-refractivity contribution in [1.29, 1.82) is 0 Å². The van der Waals surface area contributed by atoms with Crippen LogP contribution < -0.4 is 5.43 Å². The van der Waals surface area contributed by atoms with Crippen molar-refractivity contribution in [3.8, 4) is 5.69 Å². The zero-order valence-corrected chi connectivity index (χ0v) is 18.4. The number of benzene rings is 2. The molecule has 0 saturated heterocycles. The molecule has 4 aromatic rings. The topological polar surface area (TPSA) is 111 Å². The van der Waals surface area contributed by atoms with Crippen molar-refractivity contribution in [2.24, 2.45) is 5.10 Å². The first-order chi connectivity index (χ1) is 15.1. The number of tetrazole rings is 1. The van der Waals surface area contributed by atoms with Gasteiger partial charge in [0.15, 0.2) is 4.34 Å². The highest BCUT2D eigenvalue weighted by Gasteiger charge is 2.08. The standard InChI is InChI=1S/C20H18N8OS2/c1-13(16-6-8-18(9-7-16)28-12-21-26-27-28)22-24-19(29)17-5-3-4-15(10-17)11-30-20-25-23-14(2)31-20/h3-10,12H,11H2,1-2H3,(H,24,29)/b22-13+. The molecular formula is C20H18N8OS2. The molecule has 2 aromatic heterocycles. The number of hydrogen-bond donors (Lipinski definition) is 1. The Labute approximate surface area is 186 Å². The molecule has 156 valence electrons. The number of nitrogens with one attached hydrogen (secondary N) is 1. The molecule has 2 heterocycles. The van der Waals surface area contributed by atoms with Crippen LogP contribution in [0.5, 0.6) is 0 Å². The number of aryl methyl sites for hydroxylation is 1. The Morgan fingerprint density at radius 2 is 2.00 bits per heavy atom. The zero-order valence-electron chi connectivity index (χ0n) is 16.8. The van der Waals surface area contributed by atoms with Crippen LogP contribution in [0.3, 0.4) is 0 Å². The molecule has 0 aliphatic rings. The minimum absolute atomic E-state index is 0.261. The molecule has 0 bridgehead atoms. The summed E-state index contributed by atoms with van der Waals surface area (Å²) in [5.74, 6) is 0.453. The molecule has 2 aromatic carbocycles. The summed E-state index contributed by atoms with van der Waals surface area (Å²) in [6.45, 7) is 3.77. The molecule has 1 N–H and O–H groups in total. The Hall–Kier alpha value is -3.44. The summed E-state index contributed by atoms with van der Waals surface area (Å²) in [6, 6.07) is 15.0. The molecule has 0 radical (unpaired) electrons. The second-order valence-corrected chi connectivity index (χ2v) is 8.92. The van der Waals surface area contributed by atoms with E-state index >= 15 is 0 Å². The van der Waals surface area contributed by atoms with Crippen LogP contribution in [0.25, 0.3) is 5.69 Å². The molecule has 0 spiro atoms. The molecule has 1 amide bonds. The third-order valence-corrected chi connectivity index (χ3v) is 6.33. The Bertz CT molecular complexity index is 1200. The van der Waals surface area contributed by atoms with Gasteiger partial charge >= 0.3 is 0 Å². The average molecular weight is 451 g/mol. The van der Waals surface area contributed by atoms with E-state index in [-0.39, 0.29) is 5.91 Å². The largest absolute Gasteiger partial charge is 0.271 e. The van der Waals surface area contributed by atoms with Gasteiger partial charge in [-0.15, -0.1) is 15.3 Å². The van der Waals surface area contributed by atoms with Crippen LogP contribution in [0.15, 0.2) is 64.3 Å². The van der Waals surface area contributed by atoms with Crippen LogP contribution >= 0.6 is 23.1 Å². The van der Waals surface area contributed by atoms with Gasteiger partial charge in [-0.3, -0.25) is 4.79 Å². The monoisotopic (exact) mass is 450 g/mol. The highest BCUT2D eigenvalue weighted by molar-refractivity contribution is 8.00. The van der Waals surface area contributed by atoms with Crippen molar-refractivity contribution in [2.75, 3.05) is 0 Å². The predicted octanol–water partition coefficient (Wildman–Crippen LogP) is 3.27. The van der Waals surface area contributed by atoms with E-state index in [2.05, 4.69) is 36.3 Å². The number of thioether (sulfide) groups is 1. The van der Waals surface area contributed by atoms with Crippen LogP contribution in [0, 0.1) is 6.92 Å². The Kier molecular flexibility index (Phi) is 6.43. The van der Waals surface area contributed by atoms with Gasteiger partial charge in [0.05, 0.1) is 11.4 Å². The van der Waals surface area contributed by atoms with Gasteiger partial charge in [0.25, 0.3) is 5.91 Å². The van der Waals surface area contributed by atoms with Crippen molar-refractivity contribution in [3.05, 3.63) is 76.6 Å². The van der Waals surface area contributed by atoms with Gasteiger partial charge in [-0.1, -0.05) is 47.4 Å². The number of carbonyl (C=O) groups excluding carboxylic acids is 1. The first-order valence-corrected chi connectivity index (χ1v) is 11.1. The van der Waals surface area contributed by atoms with Crippen molar-refractivity contribution in [1.82, 2.24) is 35.8 Å². The second-order valence-electron chi connectivity index (χ2n) is 6.52. The summed E-state index contributed by atoms with van der Waals surface area (Å²) in [5, 5.41) is 24.4. The first kappa shape index (κ1) is 20.8. The number of hydrazone groups is 1. The number of carbonyl (C=O) groups is 1. The third kappa shape index (κ3) is 5.38. The van der Waals surface area contributed by atoms with E-state index < -0.39 is 0 Å². The van der Waals surface area contributed by atoms with Gasteiger partial charge in [0.2, 0.25) is 0 Å².